The molecule has 1 fully saturated rings. The Bertz CT molecular complexity index is 1310. The standard InChI is InChI=1S/C21H19FIN7O/c1-24-20(31)12-4-5-13(7-12)27-21-26-10-15-18(23)29-30(19(15)28-21)14-8-11-3-2-6-25-17(11)16(22)9-14/h2-3,6,8-10,12-13H,4-5,7H2,1H3,(H,24,31)(H,26,27,28)/t12-,13-/m1/s1. The van der Waals surface area contributed by atoms with Crippen molar-refractivity contribution in [2.75, 3.05) is 12.4 Å². The van der Waals surface area contributed by atoms with E-state index in [2.05, 4.69) is 53.3 Å². The summed E-state index contributed by atoms with van der Waals surface area (Å²) in [5.74, 6) is 0.133. The Morgan fingerprint density at radius 1 is 1.29 bits per heavy atom. The number of carbonyl (C=O) groups is 1. The van der Waals surface area contributed by atoms with E-state index >= 15 is 0 Å². The Hall–Kier alpha value is -2.89. The highest BCUT2D eigenvalue weighted by Gasteiger charge is 2.29. The van der Waals surface area contributed by atoms with Gasteiger partial charge in [-0.3, -0.25) is 9.78 Å². The first-order valence-electron chi connectivity index (χ1n) is 9.97. The van der Waals surface area contributed by atoms with E-state index in [9.17, 15) is 9.18 Å². The number of rotatable bonds is 4. The summed E-state index contributed by atoms with van der Waals surface area (Å²) in [4.78, 5) is 25.1. The Labute approximate surface area is 190 Å². The topological polar surface area (TPSA) is 97.6 Å². The number of hydrogen-bond acceptors (Lipinski definition) is 6. The summed E-state index contributed by atoms with van der Waals surface area (Å²) in [5, 5.41) is 12.1. The van der Waals surface area contributed by atoms with Gasteiger partial charge in [-0.15, -0.1) is 0 Å². The van der Waals surface area contributed by atoms with Crippen LogP contribution in [0.25, 0.3) is 27.6 Å². The van der Waals surface area contributed by atoms with Gasteiger partial charge in [-0.25, -0.2) is 14.1 Å². The van der Waals surface area contributed by atoms with Gasteiger partial charge >= 0.3 is 0 Å². The highest BCUT2D eigenvalue weighted by Crippen LogP contribution is 2.29. The summed E-state index contributed by atoms with van der Waals surface area (Å²) < 4.78 is 17.0. The van der Waals surface area contributed by atoms with Gasteiger partial charge in [-0.05, 0) is 54.0 Å². The summed E-state index contributed by atoms with van der Waals surface area (Å²) in [5.41, 5.74) is 1.47. The van der Waals surface area contributed by atoms with Crippen LogP contribution >= 0.6 is 22.6 Å². The molecule has 1 amide bonds. The molecule has 2 N–H and O–H groups in total. The van der Waals surface area contributed by atoms with Gasteiger partial charge in [0.2, 0.25) is 11.9 Å². The van der Waals surface area contributed by atoms with Gasteiger partial charge in [0.15, 0.2) is 11.5 Å². The third kappa shape index (κ3) is 3.68. The molecule has 1 aliphatic carbocycles. The number of fused-ring (bicyclic) bond motifs is 2. The maximum atomic E-state index is 14.6. The zero-order chi connectivity index (χ0) is 21.5. The lowest BCUT2D eigenvalue weighted by molar-refractivity contribution is -0.124. The van der Waals surface area contributed by atoms with Gasteiger partial charge < -0.3 is 10.6 Å². The van der Waals surface area contributed by atoms with Crippen molar-refractivity contribution >= 4 is 56.4 Å². The van der Waals surface area contributed by atoms with Crippen LogP contribution in [0.15, 0.2) is 36.7 Å². The zero-order valence-electron chi connectivity index (χ0n) is 16.6. The largest absolute Gasteiger partial charge is 0.359 e. The molecule has 31 heavy (non-hydrogen) atoms. The molecule has 0 aliphatic heterocycles. The van der Waals surface area contributed by atoms with E-state index in [0.717, 1.165) is 28.3 Å². The van der Waals surface area contributed by atoms with Crippen molar-refractivity contribution in [3.05, 3.63) is 46.2 Å². The van der Waals surface area contributed by atoms with E-state index < -0.39 is 5.82 Å². The molecule has 0 saturated heterocycles. The number of hydrogen-bond donors (Lipinski definition) is 2. The molecule has 0 bridgehead atoms. The van der Waals surface area contributed by atoms with E-state index in [4.69, 9.17) is 0 Å². The van der Waals surface area contributed by atoms with Crippen LogP contribution in [0.1, 0.15) is 19.3 Å². The molecule has 5 rings (SSSR count). The second-order valence-corrected chi connectivity index (χ2v) is 8.62. The van der Waals surface area contributed by atoms with Gasteiger partial charge in [0, 0.05) is 42.9 Å². The smallest absolute Gasteiger partial charge is 0.224 e. The fourth-order valence-electron chi connectivity index (χ4n) is 4.11. The fraction of sp³-hybridized carbons (Fsp3) is 0.286. The monoisotopic (exact) mass is 531 g/mol. The van der Waals surface area contributed by atoms with Crippen molar-refractivity contribution in [3.63, 3.8) is 0 Å². The summed E-state index contributed by atoms with van der Waals surface area (Å²) in [7, 11) is 1.66. The molecular weight excluding hydrogens is 512 g/mol. The maximum Gasteiger partial charge on any atom is 0.224 e. The minimum atomic E-state index is -0.412. The Balaban J connectivity index is 1.50. The number of nitrogens with zero attached hydrogens (tertiary/aromatic N) is 5. The van der Waals surface area contributed by atoms with Crippen LogP contribution in [-0.2, 0) is 4.79 Å². The van der Waals surface area contributed by atoms with Crippen molar-refractivity contribution in [2.24, 2.45) is 5.92 Å². The minimum absolute atomic E-state index is 0.00638. The number of aromatic nitrogens is 5. The van der Waals surface area contributed by atoms with Crippen LogP contribution in [0.3, 0.4) is 0 Å². The Morgan fingerprint density at radius 2 is 2.16 bits per heavy atom. The number of benzene rings is 1. The van der Waals surface area contributed by atoms with Gasteiger partial charge in [0.05, 0.1) is 11.1 Å². The van der Waals surface area contributed by atoms with Crippen molar-refractivity contribution < 1.29 is 9.18 Å². The lowest BCUT2D eigenvalue weighted by Crippen LogP contribution is -2.27. The molecule has 158 valence electrons. The van der Waals surface area contributed by atoms with Crippen LogP contribution in [-0.4, -0.2) is 43.7 Å². The number of anilines is 1. The first-order chi connectivity index (χ1) is 15.0. The van der Waals surface area contributed by atoms with Crippen molar-refractivity contribution in [2.45, 2.75) is 25.3 Å². The average Bonchev–Trinajstić information content (AvgIpc) is 3.37. The van der Waals surface area contributed by atoms with Crippen molar-refractivity contribution in [1.82, 2.24) is 30.0 Å². The molecule has 1 aliphatic rings. The molecule has 0 spiro atoms. The fourth-order valence-corrected chi connectivity index (χ4v) is 4.71. The second-order valence-electron chi connectivity index (χ2n) is 7.60. The SMILES string of the molecule is CNC(=O)[C@@H]1CC[C@@H](Nc2ncc3c(I)nn(-c4cc(F)c5ncccc5c4)c3n2)C1. The Kier molecular flexibility index (Phi) is 5.16. The van der Waals surface area contributed by atoms with E-state index in [0.29, 0.717) is 28.2 Å². The normalized spacial score (nSPS) is 18.5. The third-order valence-electron chi connectivity index (χ3n) is 5.65. The van der Waals surface area contributed by atoms with Crippen molar-refractivity contribution in [3.8, 4) is 5.69 Å². The van der Waals surface area contributed by atoms with Gasteiger partial charge in [-0.1, -0.05) is 6.07 Å². The predicted octanol–water partition coefficient (Wildman–Crippen LogP) is 3.43. The molecule has 1 saturated carbocycles. The molecule has 0 unspecified atom stereocenters. The second kappa shape index (κ2) is 7.98. The summed E-state index contributed by atoms with van der Waals surface area (Å²) in [6.07, 6.45) is 5.74. The third-order valence-corrected chi connectivity index (χ3v) is 6.45. The summed E-state index contributed by atoms with van der Waals surface area (Å²) in [6, 6.07) is 6.97. The number of carbonyl (C=O) groups excluding carboxylic acids is 1. The number of nitrogens with one attached hydrogen (secondary N) is 2. The molecule has 4 aromatic rings. The van der Waals surface area contributed by atoms with E-state index in [1.165, 1.54) is 6.07 Å². The first kappa shape index (κ1) is 20.0. The van der Waals surface area contributed by atoms with Gasteiger partial charge in [-0.2, -0.15) is 10.1 Å². The van der Waals surface area contributed by atoms with Crippen LogP contribution in [0.4, 0.5) is 10.3 Å². The minimum Gasteiger partial charge on any atom is -0.359 e. The Morgan fingerprint density at radius 3 is 3.00 bits per heavy atom. The molecule has 0 radical (unpaired) electrons. The zero-order valence-corrected chi connectivity index (χ0v) is 18.8. The molecule has 10 heteroatoms. The molecule has 3 aromatic heterocycles. The van der Waals surface area contributed by atoms with Gasteiger partial charge in [0.25, 0.3) is 0 Å². The molecule has 3 heterocycles. The molecule has 2 atom stereocenters. The summed E-state index contributed by atoms with van der Waals surface area (Å²) in [6.45, 7) is 0. The number of amides is 1. The van der Waals surface area contributed by atoms with E-state index in [1.54, 1.807) is 30.2 Å². The van der Waals surface area contributed by atoms with Crippen LogP contribution in [0.2, 0.25) is 0 Å². The van der Waals surface area contributed by atoms with Crippen LogP contribution < -0.4 is 10.6 Å². The maximum absolute atomic E-state index is 14.6. The number of halogens is 2. The molecular formula is C21H19FIN7O. The number of pyridine rings is 1. The first-order valence-corrected chi connectivity index (χ1v) is 11.1. The molecule has 1 aromatic carbocycles. The highest BCUT2D eigenvalue weighted by molar-refractivity contribution is 14.1. The lowest BCUT2D eigenvalue weighted by Gasteiger charge is -2.13. The van der Waals surface area contributed by atoms with Crippen molar-refractivity contribution in [1.29, 1.82) is 0 Å². The van der Waals surface area contributed by atoms with E-state index in [-0.39, 0.29) is 17.9 Å². The predicted molar refractivity (Wildman–Crippen MR) is 123 cm³/mol. The average molecular weight is 531 g/mol. The quantitative estimate of drug-likeness (QED) is 0.392. The lowest BCUT2D eigenvalue weighted by atomic mass is 10.1. The van der Waals surface area contributed by atoms with Crippen LogP contribution in [0, 0.1) is 15.4 Å². The highest BCUT2D eigenvalue weighted by atomic mass is 127. The van der Waals surface area contributed by atoms with E-state index in [1.807, 2.05) is 12.1 Å². The molecule has 8 nitrogen and oxygen atoms in total. The van der Waals surface area contributed by atoms with Crippen LogP contribution in [0.5, 0.6) is 0 Å². The summed E-state index contributed by atoms with van der Waals surface area (Å²) >= 11 is 2.13. The van der Waals surface area contributed by atoms with Gasteiger partial charge in [0.1, 0.15) is 9.22 Å².